The summed E-state index contributed by atoms with van der Waals surface area (Å²) in [5, 5.41) is 3.25. The Balaban J connectivity index is 1.93. The van der Waals surface area contributed by atoms with E-state index in [1.165, 1.54) is 6.07 Å². The van der Waals surface area contributed by atoms with Gasteiger partial charge in [0, 0.05) is 4.47 Å². The van der Waals surface area contributed by atoms with Gasteiger partial charge in [-0.2, -0.15) is 0 Å². The smallest absolute Gasteiger partial charge is 0.123 e. The predicted octanol–water partition coefficient (Wildman–Crippen LogP) is 4.44. The van der Waals surface area contributed by atoms with E-state index in [0.717, 1.165) is 34.2 Å². The van der Waals surface area contributed by atoms with Gasteiger partial charge in [0.1, 0.15) is 11.6 Å². The molecular formula is C17H17BrFNO. The molecule has 1 N–H and O–H groups in total. The number of rotatable bonds is 5. The first-order chi connectivity index (χ1) is 10.2. The number of halogens is 2. The molecule has 1 saturated carbocycles. The highest BCUT2D eigenvalue weighted by Crippen LogP contribution is 2.32. The van der Waals surface area contributed by atoms with Gasteiger partial charge in [-0.15, -0.1) is 0 Å². The Morgan fingerprint density at radius 1 is 1.24 bits per heavy atom. The van der Waals surface area contributed by atoms with Crippen molar-refractivity contribution in [1.29, 1.82) is 0 Å². The molecule has 2 aromatic rings. The van der Waals surface area contributed by atoms with Crippen molar-refractivity contribution in [2.75, 3.05) is 7.05 Å². The Kier molecular flexibility index (Phi) is 4.27. The molecule has 0 saturated heterocycles. The van der Waals surface area contributed by atoms with Gasteiger partial charge in [-0.1, -0.05) is 28.1 Å². The molecule has 1 unspecified atom stereocenters. The van der Waals surface area contributed by atoms with Crippen molar-refractivity contribution < 1.29 is 9.13 Å². The minimum atomic E-state index is -0.237. The summed E-state index contributed by atoms with van der Waals surface area (Å²) < 4.78 is 20.3. The third-order valence-corrected chi connectivity index (χ3v) is 4.30. The van der Waals surface area contributed by atoms with Gasteiger partial charge in [-0.05, 0) is 61.3 Å². The SMILES string of the molecule is CNC(c1cccc(OC2CC2)c1)c1cc(F)ccc1Br. The maximum absolute atomic E-state index is 13.5. The Bertz CT molecular complexity index is 642. The average molecular weight is 350 g/mol. The van der Waals surface area contributed by atoms with E-state index in [-0.39, 0.29) is 11.9 Å². The van der Waals surface area contributed by atoms with Gasteiger partial charge >= 0.3 is 0 Å². The summed E-state index contributed by atoms with van der Waals surface area (Å²) in [5.74, 6) is 0.640. The summed E-state index contributed by atoms with van der Waals surface area (Å²) >= 11 is 3.50. The lowest BCUT2D eigenvalue weighted by molar-refractivity contribution is 0.302. The molecule has 3 rings (SSSR count). The second-order valence-corrected chi connectivity index (χ2v) is 6.13. The number of hydrogen-bond donors (Lipinski definition) is 1. The molecule has 1 atom stereocenters. The van der Waals surface area contributed by atoms with Crippen molar-refractivity contribution in [2.24, 2.45) is 0 Å². The number of benzene rings is 2. The topological polar surface area (TPSA) is 21.3 Å². The second-order valence-electron chi connectivity index (χ2n) is 5.28. The molecule has 0 aromatic heterocycles. The Morgan fingerprint density at radius 3 is 2.76 bits per heavy atom. The fourth-order valence-electron chi connectivity index (χ4n) is 2.38. The molecule has 0 aliphatic heterocycles. The molecule has 0 amide bonds. The van der Waals surface area contributed by atoms with Gasteiger partial charge in [0.15, 0.2) is 0 Å². The van der Waals surface area contributed by atoms with E-state index in [0.29, 0.717) is 6.10 Å². The largest absolute Gasteiger partial charge is 0.490 e. The maximum atomic E-state index is 13.5. The zero-order chi connectivity index (χ0) is 14.8. The van der Waals surface area contributed by atoms with Crippen molar-refractivity contribution in [1.82, 2.24) is 5.32 Å². The van der Waals surface area contributed by atoms with Gasteiger partial charge < -0.3 is 10.1 Å². The van der Waals surface area contributed by atoms with Crippen LogP contribution >= 0.6 is 15.9 Å². The van der Waals surface area contributed by atoms with E-state index in [9.17, 15) is 4.39 Å². The summed E-state index contributed by atoms with van der Waals surface area (Å²) in [6.45, 7) is 0. The highest BCUT2D eigenvalue weighted by atomic mass is 79.9. The molecule has 2 aromatic carbocycles. The summed E-state index contributed by atoms with van der Waals surface area (Å²) in [7, 11) is 1.87. The molecule has 110 valence electrons. The van der Waals surface area contributed by atoms with Crippen LogP contribution in [0.15, 0.2) is 46.9 Å². The zero-order valence-corrected chi connectivity index (χ0v) is 13.4. The van der Waals surface area contributed by atoms with E-state index in [1.807, 2.05) is 31.3 Å². The van der Waals surface area contributed by atoms with Gasteiger partial charge in [-0.25, -0.2) is 4.39 Å². The van der Waals surface area contributed by atoms with Crippen LogP contribution in [-0.2, 0) is 0 Å². The first-order valence-electron chi connectivity index (χ1n) is 7.06. The molecule has 21 heavy (non-hydrogen) atoms. The van der Waals surface area contributed by atoms with Gasteiger partial charge in [0.25, 0.3) is 0 Å². The maximum Gasteiger partial charge on any atom is 0.123 e. The standard InChI is InChI=1S/C17H17BrFNO/c1-20-17(15-10-12(19)5-8-16(15)18)11-3-2-4-14(9-11)21-13-6-7-13/h2-5,8-10,13,17,20H,6-7H2,1H3. The van der Waals surface area contributed by atoms with E-state index in [1.54, 1.807) is 12.1 Å². The van der Waals surface area contributed by atoms with E-state index >= 15 is 0 Å². The van der Waals surface area contributed by atoms with Crippen LogP contribution in [0.4, 0.5) is 4.39 Å². The molecule has 0 radical (unpaired) electrons. The Labute approximate surface area is 132 Å². The van der Waals surface area contributed by atoms with Crippen LogP contribution in [0.25, 0.3) is 0 Å². The lowest BCUT2D eigenvalue weighted by Crippen LogP contribution is -2.18. The summed E-state index contributed by atoms with van der Waals surface area (Å²) in [4.78, 5) is 0. The van der Waals surface area contributed by atoms with Crippen LogP contribution in [0, 0.1) is 5.82 Å². The van der Waals surface area contributed by atoms with Crippen LogP contribution < -0.4 is 10.1 Å². The van der Waals surface area contributed by atoms with E-state index in [2.05, 4.69) is 21.2 Å². The molecular weight excluding hydrogens is 333 g/mol. The van der Waals surface area contributed by atoms with Gasteiger partial charge in [0.2, 0.25) is 0 Å². The lowest BCUT2D eigenvalue weighted by Gasteiger charge is -2.19. The van der Waals surface area contributed by atoms with Crippen LogP contribution in [0.5, 0.6) is 5.75 Å². The molecule has 0 bridgehead atoms. The van der Waals surface area contributed by atoms with E-state index in [4.69, 9.17) is 4.74 Å². The molecule has 1 aliphatic carbocycles. The summed E-state index contributed by atoms with van der Waals surface area (Å²) in [6.07, 6.45) is 2.64. The molecule has 4 heteroatoms. The number of hydrogen-bond acceptors (Lipinski definition) is 2. The minimum absolute atomic E-state index is 0.0853. The van der Waals surface area contributed by atoms with Gasteiger partial charge in [-0.3, -0.25) is 0 Å². The zero-order valence-electron chi connectivity index (χ0n) is 11.8. The monoisotopic (exact) mass is 349 g/mol. The van der Waals surface area contributed by atoms with Gasteiger partial charge in [0.05, 0.1) is 12.1 Å². The minimum Gasteiger partial charge on any atom is -0.490 e. The molecule has 1 fully saturated rings. The first kappa shape index (κ1) is 14.5. The fourth-order valence-corrected chi connectivity index (χ4v) is 2.86. The second kappa shape index (κ2) is 6.16. The third kappa shape index (κ3) is 3.44. The normalized spacial score (nSPS) is 15.8. The Hall–Kier alpha value is -1.39. The third-order valence-electron chi connectivity index (χ3n) is 3.58. The van der Waals surface area contributed by atoms with Crippen molar-refractivity contribution >= 4 is 15.9 Å². The van der Waals surface area contributed by atoms with Crippen LogP contribution in [0.2, 0.25) is 0 Å². The van der Waals surface area contributed by atoms with Crippen molar-refractivity contribution in [3.05, 3.63) is 63.9 Å². The fraction of sp³-hybridized carbons (Fsp3) is 0.294. The predicted molar refractivity (Wildman–Crippen MR) is 85.1 cm³/mol. The number of ether oxygens (including phenoxy) is 1. The molecule has 2 nitrogen and oxygen atoms in total. The average Bonchev–Trinajstić information content (AvgIpc) is 3.28. The van der Waals surface area contributed by atoms with Crippen LogP contribution in [0.3, 0.4) is 0 Å². The molecule has 1 aliphatic rings. The van der Waals surface area contributed by atoms with E-state index < -0.39 is 0 Å². The number of nitrogens with one attached hydrogen (secondary N) is 1. The molecule has 0 spiro atoms. The van der Waals surface area contributed by atoms with Crippen LogP contribution in [-0.4, -0.2) is 13.2 Å². The molecule has 0 heterocycles. The summed E-state index contributed by atoms with van der Waals surface area (Å²) in [5.41, 5.74) is 1.93. The quantitative estimate of drug-likeness (QED) is 0.861. The highest BCUT2D eigenvalue weighted by molar-refractivity contribution is 9.10. The first-order valence-corrected chi connectivity index (χ1v) is 7.85. The van der Waals surface area contributed by atoms with Crippen molar-refractivity contribution in [3.8, 4) is 5.75 Å². The highest BCUT2D eigenvalue weighted by Gasteiger charge is 2.24. The Morgan fingerprint density at radius 2 is 2.05 bits per heavy atom. The van der Waals surface area contributed by atoms with Crippen molar-refractivity contribution in [3.63, 3.8) is 0 Å². The summed E-state index contributed by atoms with van der Waals surface area (Å²) in [6, 6.07) is 12.7. The van der Waals surface area contributed by atoms with Crippen LogP contribution in [0.1, 0.15) is 30.0 Å². The lowest BCUT2D eigenvalue weighted by atomic mass is 9.98. The van der Waals surface area contributed by atoms with Crippen molar-refractivity contribution in [2.45, 2.75) is 25.0 Å².